The van der Waals surface area contributed by atoms with Crippen molar-refractivity contribution in [2.24, 2.45) is 11.3 Å². The molecule has 2 heterocycles. The molecule has 5 nitrogen and oxygen atoms in total. The number of amides is 1. The van der Waals surface area contributed by atoms with E-state index in [4.69, 9.17) is 4.74 Å². The number of piperazine rings is 1. The molecule has 0 radical (unpaired) electrons. The molecule has 7 heteroatoms. The van der Waals surface area contributed by atoms with E-state index in [1.165, 1.54) is 24.9 Å². The van der Waals surface area contributed by atoms with Gasteiger partial charge < -0.3 is 19.9 Å². The van der Waals surface area contributed by atoms with Crippen molar-refractivity contribution < 1.29 is 9.53 Å². The highest BCUT2D eigenvalue weighted by Crippen LogP contribution is 2.45. The van der Waals surface area contributed by atoms with Crippen LogP contribution in [0.4, 0.5) is 5.69 Å². The number of benzene rings is 1. The SMILES string of the molecule is COc1cccc(N2CCN(C(=O)[C@@]34CCCC[C@H]3CNC4)CC2)c1.Cl.Cl. The van der Waals surface area contributed by atoms with Crippen molar-refractivity contribution in [3.05, 3.63) is 24.3 Å². The van der Waals surface area contributed by atoms with Gasteiger partial charge in [-0.2, -0.15) is 0 Å². The molecule has 1 N–H and O–H groups in total. The van der Waals surface area contributed by atoms with Crippen LogP contribution in [0.25, 0.3) is 0 Å². The maximum atomic E-state index is 13.3. The number of anilines is 1. The van der Waals surface area contributed by atoms with Crippen molar-refractivity contribution in [1.82, 2.24) is 10.2 Å². The van der Waals surface area contributed by atoms with Crippen LogP contribution >= 0.6 is 24.8 Å². The van der Waals surface area contributed by atoms with Crippen molar-refractivity contribution in [3.8, 4) is 5.75 Å². The van der Waals surface area contributed by atoms with Gasteiger partial charge >= 0.3 is 0 Å². The Kier molecular flexibility index (Phi) is 7.66. The second kappa shape index (κ2) is 9.35. The molecule has 152 valence electrons. The van der Waals surface area contributed by atoms with Crippen LogP contribution in [0.1, 0.15) is 25.7 Å². The first-order chi connectivity index (χ1) is 12.2. The number of hydrogen-bond donors (Lipinski definition) is 1. The summed E-state index contributed by atoms with van der Waals surface area (Å²) in [5, 5.41) is 3.50. The fourth-order valence-electron chi connectivity index (χ4n) is 4.96. The number of nitrogens with zero attached hydrogens (tertiary/aromatic N) is 2. The Labute approximate surface area is 174 Å². The van der Waals surface area contributed by atoms with Crippen molar-refractivity contribution >= 4 is 36.4 Å². The lowest BCUT2D eigenvalue weighted by Gasteiger charge is -2.44. The van der Waals surface area contributed by atoms with Gasteiger partial charge in [0, 0.05) is 44.5 Å². The Morgan fingerprint density at radius 1 is 1.19 bits per heavy atom. The lowest BCUT2D eigenvalue weighted by molar-refractivity contribution is -0.145. The largest absolute Gasteiger partial charge is 0.497 e. The summed E-state index contributed by atoms with van der Waals surface area (Å²) in [4.78, 5) is 17.8. The molecule has 3 aliphatic rings. The van der Waals surface area contributed by atoms with Crippen LogP contribution in [-0.2, 0) is 4.79 Å². The average molecular weight is 416 g/mol. The summed E-state index contributed by atoms with van der Waals surface area (Å²) in [7, 11) is 1.70. The Bertz CT molecular complexity index is 637. The van der Waals surface area contributed by atoms with E-state index in [2.05, 4.69) is 27.2 Å². The average Bonchev–Trinajstić information content (AvgIpc) is 3.13. The number of hydrogen-bond acceptors (Lipinski definition) is 4. The molecule has 0 bridgehead atoms. The molecule has 1 aliphatic carbocycles. The van der Waals surface area contributed by atoms with Crippen molar-refractivity contribution in [3.63, 3.8) is 0 Å². The topological polar surface area (TPSA) is 44.8 Å². The molecule has 27 heavy (non-hydrogen) atoms. The summed E-state index contributed by atoms with van der Waals surface area (Å²) in [5.41, 5.74) is 1.07. The van der Waals surface area contributed by atoms with Crippen LogP contribution < -0.4 is 15.0 Å². The first kappa shape index (κ1) is 22.1. The van der Waals surface area contributed by atoms with Crippen molar-refractivity contribution in [2.45, 2.75) is 25.7 Å². The van der Waals surface area contributed by atoms with E-state index in [9.17, 15) is 4.79 Å². The van der Waals surface area contributed by atoms with Gasteiger partial charge in [-0.15, -0.1) is 24.8 Å². The maximum absolute atomic E-state index is 13.3. The zero-order chi connectivity index (χ0) is 17.3. The molecular weight excluding hydrogens is 385 g/mol. The first-order valence-corrected chi connectivity index (χ1v) is 9.62. The normalized spacial score (nSPS) is 27.2. The summed E-state index contributed by atoms with van der Waals surface area (Å²) in [6.07, 6.45) is 4.76. The number of nitrogens with one attached hydrogen (secondary N) is 1. The molecule has 2 saturated heterocycles. The number of fused-ring (bicyclic) bond motifs is 1. The van der Waals surface area contributed by atoms with Crippen LogP contribution in [0.5, 0.6) is 5.75 Å². The van der Waals surface area contributed by atoms with Crippen LogP contribution in [0, 0.1) is 11.3 Å². The molecular formula is C20H31Cl2N3O2. The van der Waals surface area contributed by atoms with Crippen LogP contribution in [0.3, 0.4) is 0 Å². The quantitative estimate of drug-likeness (QED) is 0.823. The van der Waals surface area contributed by atoms with Gasteiger partial charge in [-0.05, 0) is 37.4 Å². The van der Waals surface area contributed by atoms with Gasteiger partial charge in [0.05, 0.1) is 12.5 Å². The van der Waals surface area contributed by atoms with E-state index in [0.29, 0.717) is 11.8 Å². The van der Waals surface area contributed by atoms with E-state index >= 15 is 0 Å². The smallest absolute Gasteiger partial charge is 0.230 e. The molecule has 2 atom stereocenters. The zero-order valence-corrected chi connectivity index (χ0v) is 17.6. The molecule has 1 aromatic carbocycles. The van der Waals surface area contributed by atoms with Gasteiger partial charge in [0.1, 0.15) is 5.75 Å². The molecule has 4 rings (SSSR count). The van der Waals surface area contributed by atoms with Crippen molar-refractivity contribution in [2.75, 3.05) is 51.3 Å². The Morgan fingerprint density at radius 2 is 1.96 bits per heavy atom. The summed E-state index contributed by atoms with van der Waals surface area (Å²) < 4.78 is 5.33. The van der Waals surface area contributed by atoms with Gasteiger partial charge in [0.2, 0.25) is 5.91 Å². The minimum absolute atomic E-state index is 0. The molecule has 1 amide bonds. The summed E-state index contributed by atoms with van der Waals surface area (Å²) in [6.45, 7) is 5.34. The van der Waals surface area contributed by atoms with E-state index in [1.807, 2.05) is 12.1 Å². The van der Waals surface area contributed by atoms with E-state index < -0.39 is 0 Å². The maximum Gasteiger partial charge on any atom is 0.230 e. The lowest BCUT2D eigenvalue weighted by Crippen LogP contribution is -2.56. The second-order valence-corrected chi connectivity index (χ2v) is 7.71. The summed E-state index contributed by atoms with van der Waals surface area (Å²) in [6, 6.07) is 8.20. The zero-order valence-electron chi connectivity index (χ0n) is 16.0. The fourth-order valence-corrected chi connectivity index (χ4v) is 4.96. The number of halogens is 2. The third-order valence-electron chi connectivity index (χ3n) is 6.45. The number of carbonyl (C=O) groups is 1. The predicted molar refractivity (Wildman–Crippen MR) is 114 cm³/mol. The van der Waals surface area contributed by atoms with Gasteiger partial charge in [0.25, 0.3) is 0 Å². The molecule has 1 saturated carbocycles. The Hall–Kier alpha value is -1.17. The Morgan fingerprint density at radius 3 is 2.70 bits per heavy atom. The molecule has 0 unspecified atom stereocenters. The molecule has 1 aromatic rings. The van der Waals surface area contributed by atoms with Crippen LogP contribution in [-0.4, -0.2) is 57.2 Å². The van der Waals surface area contributed by atoms with E-state index in [0.717, 1.165) is 51.4 Å². The number of ether oxygens (including phenoxy) is 1. The summed E-state index contributed by atoms with van der Waals surface area (Å²) in [5.74, 6) is 1.84. The van der Waals surface area contributed by atoms with Gasteiger partial charge in [-0.3, -0.25) is 4.79 Å². The summed E-state index contributed by atoms with van der Waals surface area (Å²) >= 11 is 0. The molecule has 3 fully saturated rings. The number of rotatable bonds is 3. The Balaban J connectivity index is 0.00000131. The predicted octanol–water partition coefficient (Wildman–Crippen LogP) is 2.97. The van der Waals surface area contributed by atoms with Crippen LogP contribution in [0.2, 0.25) is 0 Å². The highest BCUT2D eigenvalue weighted by molar-refractivity contribution is 5.86. The van der Waals surface area contributed by atoms with Gasteiger partial charge in [-0.25, -0.2) is 0 Å². The second-order valence-electron chi connectivity index (χ2n) is 7.71. The first-order valence-electron chi connectivity index (χ1n) is 9.62. The number of carbonyl (C=O) groups excluding carboxylic acids is 1. The monoisotopic (exact) mass is 415 g/mol. The highest BCUT2D eigenvalue weighted by atomic mass is 35.5. The molecule has 2 aliphatic heterocycles. The standard InChI is InChI=1S/C20H29N3O2.2ClH/c1-25-18-7-4-6-17(13-18)22-9-11-23(12-10-22)19(24)20-8-3-2-5-16(20)14-21-15-20;;/h4,6-7,13,16,21H,2-3,5,8-12,14-15H2,1H3;2*1H/t16-,20+;;/m0../s1. The third kappa shape index (κ3) is 4.15. The highest BCUT2D eigenvalue weighted by Gasteiger charge is 2.51. The van der Waals surface area contributed by atoms with Crippen molar-refractivity contribution in [1.29, 1.82) is 0 Å². The third-order valence-corrected chi connectivity index (χ3v) is 6.45. The van der Waals surface area contributed by atoms with Gasteiger partial charge in [-0.1, -0.05) is 18.9 Å². The number of methoxy groups -OCH3 is 1. The van der Waals surface area contributed by atoms with E-state index in [-0.39, 0.29) is 30.2 Å². The van der Waals surface area contributed by atoms with Gasteiger partial charge in [0.15, 0.2) is 0 Å². The molecule has 0 aromatic heterocycles. The molecule has 0 spiro atoms. The van der Waals surface area contributed by atoms with E-state index in [1.54, 1.807) is 7.11 Å². The minimum Gasteiger partial charge on any atom is -0.497 e. The fraction of sp³-hybridized carbons (Fsp3) is 0.650. The lowest BCUT2D eigenvalue weighted by atomic mass is 9.67. The van der Waals surface area contributed by atoms with Crippen LogP contribution in [0.15, 0.2) is 24.3 Å². The minimum atomic E-state index is -0.115.